The van der Waals surface area contributed by atoms with E-state index in [9.17, 15) is 0 Å². The Kier molecular flexibility index (Phi) is 5.93. The van der Waals surface area contributed by atoms with E-state index in [2.05, 4.69) is 54.4 Å². The molecule has 1 aromatic carbocycles. The highest BCUT2D eigenvalue weighted by Gasteiger charge is 2.10. The van der Waals surface area contributed by atoms with Crippen LogP contribution in [0.15, 0.2) is 36.6 Å². The maximum atomic E-state index is 5.58. The van der Waals surface area contributed by atoms with Crippen molar-refractivity contribution in [1.29, 1.82) is 0 Å². The number of allylic oxidation sites excluding steroid dienone is 1. The summed E-state index contributed by atoms with van der Waals surface area (Å²) in [6, 6.07) is 8.70. The third kappa shape index (κ3) is 4.57. The van der Waals surface area contributed by atoms with Gasteiger partial charge in [0.25, 0.3) is 0 Å². The Morgan fingerprint density at radius 1 is 1.30 bits per heavy atom. The molecule has 110 valence electrons. The van der Waals surface area contributed by atoms with Crippen LogP contribution in [0.2, 0.25) is 0 Å². The number of hydrogen-bond donors (Lipinski definition) is 1. The number of anilines is 1. The highest BCUT2D eigenvalue weighted by Crippen LogP contribution is 2.15. The second-order valence-electron chi connectivity index (χ2n) is 5.25. The molecule has 1 unspecified atom stereocenters. The Balaban J connectivity index is 1.87. The van der Waals surface area contributed by atoms with Gasteiger partial charge in [0.15, 0.2) is 0 Å². The van der Waals surface area contributed by atoms with E-state index in [1.165, 1.54) is 11.3 Å². The molecule has 1 N–H and O–H groups in total. The number of hydrogen-bond acceptors (Lipinski definition) is 3. The first-order valence-corrected chi connectivity index (χ1v) is 7.67. The average molecular weight is 274 g/mol. The first-order chi connectivity index (χ1) is 9.81. The van der Waals surface area contributed by atoms with Crippen LogP contribution in [0, 0.1) is 0 Å². The first kappa shape index (κ1) is 14.9. The van der Waals surface area contributed by atoms with Crippen LogP contribution in [0.3, 0.4) is 0 Å². The molecule has 1 atom stereocenters. The van der Waals surface area contributed by atoms with Crippen molar-refractivity contribution < 1.29 is 4.74 Å². The lowest BCUT2D eigenvalue weighted by molar-refractivity contribution is 0.135. The highest BCUT2D eigenvalue weighted by atomic mass is 16.5. The Hall–Kier alpha value is -1.48. The zero-order chi connectivity index (χ0) is 14.2. The summed E-state index contributed by atoms with van der Waals surface area (Å²) in [4.78, 5) is 2.42. The fourth-order valence-corrected chi connectivity index (χ4v) is 2.45. The lowest BCUT2D eigenvalue weighted by Gasteiger charge is -2.21. The predicted molar refractivity (Wildman–Crippen MR) is 84.8 cm³/mol. The summed E-state index contributed by atoms with van der Waals surface area (Å²) < 4.78 is 5.58. The standard InChI is InChI=1S/C17H26N2O/c1-3-19(4-2)14-15-8-7-9-16(12-15)18-13-17-10-5-6-11-20-17/h6-9,11-12,17-18H,3-5,10,13-14H2,1-2H3. The topological polar surface area (TPSA) is 24.5 Å². The van der Waals surface area contributed by atoms with E-state index >= 15 is 0 Å². The third-order valence-corrected chi connectivity index (χ3v) is 3.78. The van der Waals surface area contributed by atoms with Gasteiger partial charge in [-0.1, -0.05) is 26.0 Å². The monoisotopic (exact) mass is 274 g/mol. The largest absolute Gasteiger partial charge is 0.497 e. The molecule has 0 saturated heterocycles. The van der Waals surface area contributed by atoms with Crippen molar-refractivity contribution in [3.8, 4) is 0 Å². The van der Waals surface area contributed by atoms with Gasteiger partial charge >= 0.3 is 0 Å². The quantitative estimate of drug-likeness (QED) is 0.821. The van der Waals surface area contributed by atoms with E-state index in [1.807, 2.05) is 6.26 Å². The molecule has 2 rings (SSSR count). The Morgan fingerprint density at radius 3 is 2.85 bits per heavy atom. The molecular formula is C17H26N2O. The molecule has 1 heterocycles. The summed E-state index contributed by atoms with van der Waals surface area (Å²) in [7, 11) is 0. The van der Waals surface area contributed by atoms with Gasteiger partial charge in [-0.2, -0.15) is 0 Å². The molecule has 3 heteroatoms. The number of ether oxygens (including phenoxy) is 1. The molecule has 0 saturated carbocycles. The van der Waals surface area contributed by atoms with Crippen LogP contribution >= 0.6 is 0 Å². The molecular weight excluding hydrogens is 248 g/mol. The lowest BCUT2D eigenvalue weighted by Crippen LogP contribution is -2.23. The van der Waals surface area contributed by atoms with E-state index < -0.39 is 0 Å². The van der Waals surface area contributed by atoms with Crippen molar-refractivity contribution in [3.05, 3.63) is 42.2 Å². The van der Waals surface area contributed by atoms with Gasteiger partial charge in [-0.25, -0.2) is 0 Å². The number of nitrogens with one attached hydrogen (secondary N) is 1. The fraction of sp³-hybridized carbons (Fsp3) is 0.529. The van der Waals surface area contributed by atoms with Crippen LogP contribution in [-0.2, 0) is 11.3 Å². The maximum absolute atomic E-state index is 5.58. The summed E-state index contributed by atoms with van der Waals surface area (Å²) in [6.45, 7) is 8.50. The maximum Gasteiger partial charge on any atom is 0.115 e. The van der Waals surface area contributed by atoms with Gasteiger partial charge in [0.2, 0.25) is 0 Å². The third-order valence-electron chi connectivity index (χ3n) is 3.78. The molecule has 0 spiro atoms. The van der Waals surface area contributed by atoms with Gasteiger partial charge in [-0.15, -0.1) is 0 Å². The first-order valence-electron chi connectivity index (χ1n) is 7.67. The normalized spacial score (nSPS) is 18.1. The molecule has 3 nitrogen and oxygen atoms in total. The minimum atomic E-state index is 0.298. The summed E-state index contributed by atoms with van der Waals surface area (Å²) >= 11 is 0. The summed E-state index contributed by atoms with van der Waals surface area (Å²) in [5.41, 5.74) is 2.55. The number of rotatable bonds is 7. The van der Waals surface area contributed by atoms with Gasteiger partial charge in [0, 0.05) is 12.2 Å². The molecule has 0 radical (unpaired) electrons. The molecule has 0 aromatic heterocycles. The Morgan fingerprint density at radius 2 is 2.15 bits per heavy atom. The summed E-state index contributed by atoms with van der Waals surface area (Å²) in [6.07, 6.45) is 6.43. The minimum absolute atomic E-state index is 0.298. The molecule has 0 fully saturated rings. The SMILES string of the molecule is CCN(CC)Cc1cccc(NCC2CCC=CO2)c1. The van der Waals surface area contributed by atoms with Crippen LogP contribution in [0.25, 0.3) is 0 Å². The minimum Gasteiger partial charge on any atom is -0.497 e. The molecule has 0 aliphatic carbocycles. The Labute approximate surface area is 122 Å². The smallest absolute Gasteiger partial charge is 0.115 e. The van der Waals surface area contributed by atoms with Crippen LogP contribution in [0.4, 0.5) is 5.69 Å². The van der Waals surface area contributed by atoms with Crippen LogP contribution in [0.5, 0.6) is 0 Å². The molecule has 0 bridgehead atoms. The van der Waals surface area contributed by atoms with Crippen molar-refractivity contribution in [2.45, 2.75) is 39.3 Å². The van der Waals surface area contributed by atoms with Crippen LogP contribution in [-0.4, -0.2) is 30.6 Å². The number of benzene rings is 1. The molecule has 1 aliphatic heterocycles. The molecule has 20 heavy (non-hydrogen) atoms. The van der Waals surface area contributed by atoms with E-state index in [4.69, 9.17) is 4.74 Å². The van der Waals surface area contributed by atoms with Gasteiger partial charge < -0.3 is 10.1 Å². The van der Waals surface area contributed by atoms with E-state index in [0.29, 0.717) is 6.10 Å². The molecule has 1 aliphatic rings. The van der Waals surface area contributed by atoms with E-state index in [-0.39, 0.29) is 0 Å². The fourth-order valence-electron chi connectivity index (χ4n) is 2.45. The van der Waals surface area contributed by atoms with Crippen molar-refractivity contribution in [2.75, 3.05) is 25.0 Å². The van der Waals surface area contributed by atoms with Crippen molar-refractivity contribution in [1.82, 2.24) is 4.90 Å². The van der Waals surface area contributed by atoms with Crippen molar-refractivity contribution >= 4 is 5.69 Å². The van der Waals surface area contributed by atoms with Crippen LogP contribution < -0.4 is 5.32 Å². The summed E-state index contributed by atoms with van der Waals surface area (Å²) in [5, 5.41) is 3.49. The zero-order valence-corrected chi connectivity index (χ0v) is 12.6. The average Bonchev–Trinajstić information content (AvgIpc) is 2.52. The van der Waals surface area contributed by atoms with Crippen molar-refractivity contribution in [3.63, 3.8) is 0 Å². The Bertz CT molecular complexity index is 427. The second-order valence-corrected chi connectivity index (χ2v) is 5.25. The molecule has 0 amide bonds. The number of nitrogens with zero attached hydrogens (tertiary/aromatic N) is 1. The van der Waals surface area contributed by atoms with Crippen LogP contribution in [0.1, 0.15) is 32.3 Å². The van der Waals surface area contributed by atoms with Gasteiger partial charge in [-0.3, -0.25) is 4.90 Å². The van der Waals surface area contributed by atoms with Gasteiger partial charge in [0.05, 0.1) is 12.8 Å². The predicted octanol–water partition coefficient (Wildman–Crippen LogP) is 3.63. The van der Waals surface area contributed by atoms with E-state index in [0.717, 1.165) is 39.0 Å². The van der Waals surface area contributed by atoms with Gasteiger partial charge in [-0.05, 0) is 49.7 Å². The van der Waals surface area contributed by atoms with E-state index in [1.54, 1.807) is 0 Å². The summed E-state index contributed by atoms with van der Waals surface area (Å²) in [5.74, 6) is 0. The van der Waals surface area contributed by atoms with Crippen molar-refractivity contribution in [2.24, 2.45) is 0 Å². The zero-order valence-electron chi connectivity index (χ0n) is 12.6. The lowest BCUT2D eigenvalue weighted by atomic mass is 10.1. The molecule has 1 aromatic rings. The highest BCUT2D eigenvalue weighted by molar-refractivity contribution is 5.45. The van der Waals surface area contributed by atoms with Gasteiger partial charge in [0.1, 0.15) is 6.10 Å². The second kappa shape index (κ2) is 7.95.